The second-order valence-corrected chi connectivity index (χ2v) is 3.63. The fraction of sp³-hybridized carbons (Fsp3) is 0.364. The number of carboxylic acid groups (broad SMARTS) is 1. The van der Waals surface area contributed by atoms with Crippen molar-refractivity contribution in [3.8, 4) is 0 Å². The molecule has 0 aromatic heterocycles. The number of rotatable bonds is 5. The summed E-state index contributed by atoms with van der Waals surface area (Å²) in [4.78, 5) is 12.4. The predicted molar refractivity (Wildman–Crippen MR) is 58.4 cm³/mol. The Balaban J connectivity index is 2.43. The quantitative estimate of drug-likeness (QED) is 0.740. The van der Waals surface area contributed by atoms with E-state index in [1.54, 1.807) is 0 Å². The number of hydrogen-bond acceptors (Lipinski definition) is 3. The van der Waals surface area contributed by atoms with Crippen molar-refractivity contribution < 1.29 is 9.90 Å². The lowest BCUT2D eigenvalue weighted by Gasteiger charge is -2.18. The van der Waals surface area contributed by atoms with E-state index in [2.05, 4.69) is 0 Å². The average molecular weight is 208 g/mol. The molecule has 0 unspecified atom stereocenters. The van der Waals surface area contributed by atoms with Gasteiger partial charge in [-0.15, -0.1) is 0 Å². The van der Waals surface area contributed by atoms with Crippen LogP contribution >= 0.6 is 0 Å². The largest absolute Gasteiger partial charge is 0.480 e. The van der Waals surface area contributed by atoms with Crippen molar-refractivity contribution in [1.82, 2.24) is 4.90 Å². The fourth-order valence-electron chi connectivity index (χ4n) is 1.37. The van der Waals surface area contributed by atoms with Crippen LogP contribution in [0.15, 0.2) is 30.3 Å². The Hall–Kier alpha value is -1.39. The van der Waals surface area contributed by atoms with Gasteiger partial charge in [0.25, 0.3) is 0 Å². The number of nitrogens with zero attached hydrogens (tertiary/aromatic N) is 1. The molecule has 1 rings (SSSR count). The molecule has 0 bridgehead atoms. The Morgan fingerprint density at radius 2 is 2.07 bits per heavy atom. The summed E-state index contributed by atoms with van der Waals surface area (Å²) >= 11 is 0. The van der Waals surface area contributed by atoms with Gasteiger partial charge < -0.3 is 10.8 Å². The first-order valence-corrected chi connectivity index (χ1v) is 4.80. The van der Waals surface area contributed by atoms with Gasteiger partial charge in [0, 0.05) is 13.1 Å². The molecule has 0 heterocycles. The number of likely N-dealkylation sites (N-methyl/N-ethyl adjacent to an activating group) is 1. The molecule has 0 spiro atoms. The number of aliphatic carboxylic acids is 1. The third kappa shape index (κ3) is 4.10. The molecule has 1 aromatic carbocycles. The molecule has 0 aliphatic rings. The van der Waals surface area contributed by atoms with E-state index in [-0.39, 0.29) is 0 Å². The molecule has 0 saturated heterocycles. The Bertz CT molecular complexity index is 314. The molecule has 4 heteroatoms. The monoisotopic (exact) mass is 208 g/mol. The summed E-state index contributed by atoms with van der Waals surface area (Å²) in [6.07, 6.45) is 0. The first kappa shape index (κ1) is 11.7. The smallest absolute Gasteiger partial charge is 0.321 e. The highest BCUT2D eigenvalue weighted by Gasteiger charge is 2.13. The minimum atomic E-state index is -0.963. The molecule has 1 atom stereocenters. The van der Waals surface area contributed by atoms with Gasteiger partial charge in [0.15, 0.2) is 0 Å². The number of benzene rings is 1. The van der Waals surface area contributed by atoms with Crippen LogP contribution in [-0.2, 0) is 11.3 Å². The van der Waals surface area contributed by atoms with Crippen molar-refractivity contribution in [3.63, 3.8) is 0 Å². The van der Waals surface area contributed by atoms with Gasteiger partial charge in [-0.05, 0) is 12.6 Å². The third-order valence-electron chi connectivity index (χ3n) is 2.12. The van der Waals surface area contributed by atoms with Gasteiger partial charge in [-0.3, -0.25) is 9.69 Å². The number of carbonyl (C=O) groups is 1. The van der Waals surface area contributed by atoms with Crippen molar-refractivity contribution in [2.24, 2.45) is 5.73 Å². The van der Waals surface area contributed by atoms with E-state index in [0.717, 1.165) is 5.56 Å². The van der Waals surface area contributed by atoms with Gasteiger partial charge in [0.2, 0.25) is 0 Å². The van der Waals surface area contributed by atoms with E-state index in [0.29, 0.717) is 13.1 Å². The Morgan fingerprint density at radius 1 is 1.47 bits per heavy atom. The molecule has 0 aliphatic carbocycles. The molecule has 82 valence electrons. The zero-order valence-electron chi connectivity index (χ0n) is 8.76. The lowest BCUT2D eigenvalue weighted by atomic mass is 10.2. The van der Waals surface area contributed by atoms with Crippen LogP contribution in [0, 0.1) is 0 Å². The maximum Gasteiger partial charge on any atom is 0.321 e. The van der Waals surface area contributed by atoms with Gasteiger partial charge in [0.05, 0.1) is 0 Å². The first-order chi connectivity index (χ1) is 7.09. The molecule has 0 radical (unpaired) electrons. The molecule has 0 amide bonds. The lowest BCUT2D eigenvalue weighted by molar-refractivity contribution is -0.138. The van der Waals surface area contributed by atoms with Crippen LogP contribution in [-0.4, -0.2) is 35.6 Å². The van der Waals surface area contributed by atoms with Crippen molar-refractivity contribution >= 4 is 5.97 Å². The second kappa shape index (κ2) is 5.48. The summed E-state index contributed by atoms with van der Waals surface area (Å²) in [5.41, 5.74) is 6.58. The predicted octanol–water partition coefficient (Wildman–Crippen LogP) is 0.530. The molecule has 15 heavy (non-hydrogen) atoms. The first-order valence-electron chi connectivity index (χ1n) is 4.80. The maximum atomic E-state index is 10.5. The number of nitrogens with two attached hydrogens (primary N) is 1. The third-order valence-corrected chi connectivity index (χ3v) is 2.12. The fourth-order valence-corrected chi connectivity index (χ4v) is 1.37. The van der Waals surface area contributed by atoms with Crippen molar-refractivity contribution in [2.75, 3.05) is 13.6 Å². The van der Waals surface area contributed by atoms with Crippen LogP contribution in [0.2, 0.25) is 0 Å². The highest BCUT2D eigenvalue weighted by Crippen LogP contribution is 2.02. The molecule has 0 aliphatic heterocycles. The SMILES string of the molecule is CN(Cc1ccccc1)C[C@@H](N)C(=O)O. The van der Waals surface area contributed by atoms with Gasteiger partial charge in [-0.1, -0.05) is 30.3 Å². The van der Waals surface area contributed by atoms with Crippen LogP contribution in [0.5, 0.6) is 0 Å². The molecular formula is C11H16N2O2. The molecule has 0 fully saturated rings. The van der Waals surface area contributed by atoms with E-state index in [1.165, 1.54) is 0 Å². The van der Waals surface area contributed by atoms with Gasteiger partial charge in [-0.2, -0.15) is 0 Å². The van der Waals surface area contributed by atoms with Crippen LogP contribution in [0.1, 0.15) is 5.56 Å². The summed E-state index contributed by atoms with van der Waals surface area (Å²) in [5, 5.41) is 8.65. The van der Waals surface area contributed by atoms with E-state index in [9.17, 15) is 4.79 Å². The standard InChI is InChI=1S/C11H16N2O2/c1-13(8-10(12)11(14)15)7-9-5-3-2-4-6-9/h2-6,10H,7-8,12H2,1H3,(H,14,15)/t10-/m1/s1. The Labute approximate surface area is 89.3 Å². The Kier molecular flexibility index (Phi) is 4.27. The topological polar surface area (TPSA) is 66.6 Å². The summed E-state index contributed by atoms with van der Waals surface area (Å²) < 4.78 is 0. The normalized spacial score (nSPS) is 12.7. The van der Waals surface area contributed by atoms with E-state index < -0.39 is 12.0 Å². The van der Waals surface area contributed by atoms with Crippen molar-refractivity contribution in [1.29, 1.82) is 0 Å². The van der Waals surface area contributed by atoms with Crippen molar-refractivity contribution in [3.05, 3.63) is 35.9 Å². The molecule has 1 aromatic rings. The molecule has 4 nitrogen and oxygen atoms in total. The van der Waals surface area contributed by atoms with Crippen LogP contribution in [0.4, 0.5) is 0 Å². The average Bonchev–Trinajstić information content (AvgIpc) is 2.18. The van der Waals surface area contributed by atoms with Crippen LogP contribution in [0.25, 0.3) is 0 Å². The number of carboxylic acids is 1. The minimum Gasteiger partial charge on any atom is -0.480 e. The molecule has 3 N–H and O–H groups in total. The lowest BCUT2D eigenvalue weighted by Crippen LogP contribution is -2.40. The summed E-state index contributed by atoms with van der Waals surface area (Å²) in [7, 11) is 1.86. The van der Waals surface area contributed by atoms with Gasteiger partial charge in [-0.25, -0.2) is 0 Å². The van der Waals surface area contributed by atoms with Crippen LogP contribution < -0.4 is 5.73 Å². The molecule has 0 saturated carbocycles. The van der Waals surface area contributed by atoms with Crippen LogP contribution in [0.3, 0.4) is 0 Å². The zero-order chi connectivity index (χ0) is 11.3. The summed E-state index contributed by atoms with van der Waals surface area (Å²) in [6.45, 7) is 1.06. The second-order valence-electron chi connectivity index (χ2n) is 3.63. The zero-order valence-corrected chi connectivity index (χ0v) is 8.76. The van der Waals surface area contributed by atoms with E-state index >= 15 is 0 Å². The van der Waals surface area contributed by atoms with Gasteiger partial charge in [0.1, 0.15) is 6.04 Å². The highest BCUT2D eigenvalue weighted by molar-refractivity contribution is 5.73. The van der Waals surface area contributed by atoms with E-state index in [4.69, 9.17) is 10.8 Å². The molecular weight excluding hydrogens is 192 g/mol. The summed E-state index contributed by atoms with van der Waals surface area (Å²) in [5.74, 6) is -0.963. The highest BCUT2D eigenvalue weighted by atomic mass is 16.4. The Morgan fingerprint density at radius 3 is 2.60 bits per heavy atom. The number of hydrogen-bond donors (Lipinski definition) is 2. The minimum absolute atomic E-state index is 0.351. The van der Waals surface area contributed by atoms with Crippen molar-refractivity contribution in [2.45, 2.75) is 12.6 Å². The van der Waals surface area contributed by atoms with Gasteiger partial charge >= 0.3 is 5.97 Å². The maximum absolute atomic E-state index is 10.5. The van der Waals surface area contributed by atoms with E-state index in [1.807, 2.05) is 42.3 Å². The summed E-state index contributed by atoms with van der Waals surface area (Å²) in [6, 6.07) is 9.05.